The first-order valence-electron chi connectivity index (χ1n) is 6.85. The third-order valence-corrected chi connectivity index (χ3v) is 3.71. The van der Waals surface area contributed by atoms with Crippen LogP contribution in [-0.2, 0) is 17.5 Å². The van der Waals surface area contributed by atoms with Crippen molar-refractivity contribution in [2.24, 2.45) is 5.92 Å². The maximum Gasteiger partial charge on any atom is 0.422 e. The largest absolute Gasteiger partial charge is 0.422 e. The number of nitrogens with zero attached hydrogens (tertiary/aromatic N) is 2. The van der Waals surface area contributed by atoms with Gasteiger partial charge in [-0.2, -0.15) is 18.3 Å². The fraction of sp³-hybridized carbons (Fsp3) is 0.286. The maximum absolute atomic E-state index is 13.8. The molecule has 4 nitrogen and oxygen atoms in total. The fourth-order valence-electron chi connectivity index (χ4n) is 2.04. The lowest BCUT2D eigenvalue weighted by Gasteiger charge is -2.16. The predicted molar refractivity (Wildman–Crippen MR) is 79.0 cm³/mol. The Kier molecular flexibility index (Phi) is 5.64. The Labute approximate surface area is 150 Å². The van der Waals surface area contributed by atoms with E-state index in [1.807, 2.05) is 0 Å². The number of carbonyl (C=O) groups excluding carboxylic acids is 1. The van der Waals surface area contributed by atoms with Gasteiger partial charge in [0.1, 0.15) is 11.3 Å². The van der Waals surface area contributed by atoms with Crippen LogP contribution >= 0.6 is 15.9 Å². The molecule has 1 aromatic carbocycles. The van der Waals surface area contributed by atoms with Crippen molar-refractivity contribution in [3.8, 4) is 0 Å². The molecule has 0 saturated heterocycles. The van der Waals surface area contributed by atoms with Crippen LogP contribution in [0.3, 0.4) is 0 Å². The summed E-state index contributed by atoms with van der Waals surface area (Å²) >= 11 is 3.11. The van der Waals surface area contributed by atoms with E-state index < -0.39 is 52.5 Å². The fourth-order valence-corrected chi connectivity index (χ4v) is 2.37. The molecule has 1 amide bonds. The van der Waals surface area contributed by atoms with E-state index in [2.05, 4.69) is 21.0 Å². The summed E-state index contributed by atoms with van der Waals surface area (Å²) in [6.07, 6.45) is -2.76. The van der Waals surface area contributed by atoms with Crippen LogP contribution in [0.25, 0.3) is 0 Å². The summed E-state index contributed by atoms with van der Waals surface area (Å²) in [6.45, 7) is 1.25. The van der Waals surface area contributed by atoms with Crippen LogP contribution in [0.15, 0.2) is 16.9 Å². The number of halogens is 8. The highest BCUT2D eigenvalue weighted by atomic mass is 79.9. The average Bonchev–Trinajstić information content (AvgIpc) is 2.93. The molecule has 0 fully saturated rings. The number of aromatic nitrogens is 2. The highest BCUT2D eigenvalue weighted by Crippen LogP contribution is 2.38. The van der Waals surface area contributed by atoms with E-state index in [-0.39, 0.29) is 6.54 Å². The van der Waals surface area contributed by atoms with Crippen molar-refractivity contribution >= 4 is 27.5 Å². The second kappa shape index (κ2) is 7.25. The zero-order chi connectivity index (χ0) is 19.8. The summed E-state index contributed by atoms with van der Waals surface area (Å²) in [6, 6.07) is 0. The quantitative estimate of drug-likeness (QED) is 0.554. The number of nitrogens with one attached hydrogen (secondary N) is 1. The van der Waals surface area contributed by atoms with Crippen LogP contribution in [0.2, 0.25) is 0 Å². The van der Waals surface area contributed by atoms with Crippen LogP contribution in [0.4, 0.5) is 36.4 Å². The predicted octanol–water partition coefficient (Wildman–Crippen LogP) is 4.50. The number of carbonyl (C=O) groups is 1. The normalized spacial score (nSPS) is 13.0. The third-order valence-electron chi connectivity index (χ3n) is 3.31. The smallest absolute Gasteiger partial charge is 0.321 e. The molecule has 1 N–H and O–H groups in total. The van der Waals surface area contributed by atoms with Crippen molar-refractivity contribution in [2.75, 3.05) is 5.32 Å². The standard InChI is InChI=1S/C14H9BrF7N3O/c1-5(3-25-4-6(15)2-23-25)13(26)24-12-10(18)8(16)7(14(20,21)22)9(17)11(12)19/h2,4-5H,3H2,1H3,(H,24,26). The first-order valence-corrected chi connectivity index (χ1v) is 7.64. The van der Waals surface area contributed by atoms with Gasteiger partial charge in [0.2, 0.25) is 5.91 Å². The SMILES string of the molecule is CC(Cn1cc(Br)cn1)C(=O)Nc1c(F)c(F)c(C(F)(F)F)c(F)c1F. The Morgan fingerprint density at radius 1 is 1.19 bits per heavy atom. The summed E-state index contributed by atoms with van der Waals surface area (Å²) < 4.78 is 94.0. The maximum atomic E-state index is 13.8. The Hall–Kier alpha value is -2.11. The second-order valence-electron chi connectivity index (χ2n) is 5.27. The van der Waals surface area contributed by atoms with Gasteiger partial charge >= 0.3 is 6.18 Å². The van der Waals surface area contributed by atoms with Crippen LogP contribution in [0, 0.1) is 29.2 Å². The zero-order valence-electron chi connectivity index (χ0n) is 12.8. The second-order valence-corrected chi connectivity index (χ2v) is 6.19. The van der Waals surface area contributed by atoms with Gasteiger partial charge in [-0.25, -0.2) is 17.6 Å². The van der Waals surface area contributed by atoms with Gasteiger partial charge in [0.25, 0.3) is 0 Å². The van der Waals surface area contributed by atoms with Crippen LogP contribution in [0.1, 0.15) is 12.5 Å². The van der Waals surface area contributed by atoms with Gasteiger partial charge in [0.15, 0.2) is 23.3 Å². The summed E-state index contributed by atoms with van der Waals surface area (Å²) in [7, 11) is 0. The molecule has 1 heterocycles. The number of alkyl halides is 3. The van der Waals surface area contributed by atoms with Crippen molar-refractivity contribution in [1.82, 2.24) is 9.78 Å². The molecule has 0 bridgehead atoms. The molecule has 1 atom stereocenters. The van der Waals surface area contributed by atoms with Crippen LogP contribution < -0.4 is 5.32 Å². The van der Waals surface area contributed by atoms with Gasteiger partial charge in [0.05, 0.1) is 23.1 Å². The van der Waals surface area contributed by atoms with Crippen LogP contribution in [-0.4, -0.2) is 15.7 Å². The van der Waals surface area contributed by atoms with E-state index in [1.165, 1.54) is 24.0 Å². The Morgan fingerprint density at radius 2 is 1.73 bits per heavy atom. The number of hydrogen-bond donors (Lipinski definition) is 1. The minimum Gasteiger partial charge on any atom is -0.321 e. The molecule has 0 radical (unpaired) electrons. The minimum absolute atomic E-state index is 0.0632. The molecule has 0 saturated carbocycles. The Morgan fingerprint density at radius 3 is 2.15 bits per heavy atom. The summed E-state index contributed by atoms with van der Waals surface area (Å²) in [4.78, 5) is 12.0. The molecule has 2 aromatic rings. The molecule has 0 aliphatic rings. The number of rotatable bonds is 4. The van der Waals surface area contributed by atoms with Gasteiger partial charge in [0, 0.05) is 6.20 Å². The molecule has 1 unspecified atom stereocenters. The lowest BCUT2D eigenvalue weighted by molar-refractivity contribution is -0.143. The molecular formula is C14H9BrF7N3O. The molecule has 142 valence electrons. The molecule has 1 aromatic heterocycles. The Balaban J connectivity index is 2.30. The average molecular weight is 448 g/mol. The number of amides is 1. The summed E-state index contributed by atoms with van der Waals surface area (Å²) in [5.74, 6) is -12.0. The van der Waals surface area contributed by atoms with Crippen molar-refractivity contribution in [1.29, 1.82) is 0 Å². The van der Waals surface area contributed by atoms with Crippen molar-refractivity contribution < 1.29 is 35.5 Å². The molecular weight excluding hydrogens is 439 g/mol. The van der Waals surface area contributed by atoms with Gasteiger partial charge < -0.3 is 5.32 Å². The molecule has 12 heteroatoms. The van der Waals surface area contributed by atoms with E-state index in [0.717, 1.165) is 0 Å². The van der Waals surface area contributed by atoms with E-state index in [0.29, 0.717) is 4.47 Å². The van der Waals surface area contributed by atoms with E-state index in [1.54, 1.807) is 5.32 Å². The van der Waals surface area contributed by atoms with E-state index >= 15 is 0 Å². The Bertz CT molecular complexity index is 821. The van der Waals surface area contributed by atoms with E-state index in [4.69, 9.17) is 0 Å². The van der Waals surface area contributed by atoms with Gasteiger partial charge in [-0.1, -0.05) is 6.92 Å². The van der Waals surface area contributed by atoms with Gasteiger partial charge in [-0.05, 0) is 15.9 Å². The first kappa shape index (κ1) is 20.2. The topological polar surface area (TPSA) is 46.9 Å². The summed E-state index contributed by atoms with van der Waals surface area (Å²) in [5, 5.41) is 5.42. The molecule has 26 heavy (non-hydrogen) atoms. The number of anilines is 1. The van der Waals surface area contributed by atoms with Crippen molar-refractivity contribution in [2.45, 2.75) is 19.6 Å². The number of benzene rings is 1. The highest BCUT2D eigenvalue weighted by molar-refractivity contribution is 9.10. The highest BCUT2D eigenvalue weighted by Gasteiger charge is 2.42. The van der Waals surface area contributed by atoms with Gasteiger partial charge in [-0.15, -0.1) is 0 Å². The summed E-state index contributed by atoms with van der Waals surface area (Å²) in [5.41, 5.74) is -4.34. The monoisotopic (exact) mass is 447 g/mol. The molecule has 2 rings (SSSR count). The first-order chi connectivity index (χ1) is 11.9. The number of hydrogen-bond acceptors (Lipinski definition) is 2. The lowest BCUT2D eigenvalue weighted by atomic mass is 10.1. The molecule has 0 aliphatic heterocycles. The van der Waals surface area contributed by atoms with Crippen molar-refractivity contribution in [3.05, 3.63) is 45.7 Å². The minimum atomic E-state index is -5.65. The third kappa shape index (κ3) is 4.00. The molecule has 0 spiro atoms. The van der Waals surface area contributed by atoms with E-state index in [9.17, 15) is 35.5 Å². The van der Waals surface area contributed by atoms with Crippen molar-refractivity contribution in [3.63, 3.8) is 0 Å². The van der Waals surface area contributed by atoms with Crippen LogP contribution in [0.5, 0.6) is 0 Å². The zero-order valence-corrected chi connectivity index (χ0v) is 14.4. The molecule has 0 aliphatic carbocycles. The lowest BCUT2D eigenvalue weighted by Crippen LogP contribution is -2.27. The van der Waals surface area contributed by atoms with Gasteiger partial charge in [-0.3, -0.25) is 9.48 Å².